The first-order chi connectivity index (χ1) is 9.60. The van der Waals surface area contributed by atoms with E-state index >= 15 is 0 Å². The van der Waals surface area contributed by atoms with E-state index in [1.165, 1.54) is 5.56 Å². The highest BCUT2D eigenvalue weighted by Crippen LogP contribution is 2.13. The van der Waals surface area contributed by atoms with Crippen LogP contribution < -0.4 is 5.32 Å². The summed E-state index contributed by atoms with van der Waals surface area (Å²) in [5.74, 6) is 0.0311. The molecule has 0 saturated heterocycles. The molecule has 3 heteroatoms. The summed E-state index contributed by atoms with van der Waals surface area (Å²) in [6.45, 7) is 2.67. The molecule has 3 nitrogen and oxygen atoms in total. The van der Waals surface area contributed by atoms with Crippen LogP contribution in [0.1, 0.15) is 21.5 Å². The SMILES string of the molecule is CNc1cccc(C(=O)N(C)Cc2cccc(C)c2)c1. The lowest BCUT2D eigenvalue weighted by Gasteiger charge is -2.18. The summed E-state index contributed by atoms with van der Waals surface area (Å²) in [6.07, 6.45) is 0. The molecular weight excluding hydrogens is 248 g/mol. The van der Waals surface area contributed by atoms with E-state index in [1.807, 2.05) is 50.5 Å². The molecule has 20 heavy (non-hydrogen) atoms. The fourth-order valence-electron chi connectivity index (χ4n) is 2.18. The Labute approximate surface area is 120 Å². The van der Waals surface area contributed by atoms with Crippen molar-refractivity contribution in [3.63, 3.8) is 0 Å². The molecule has 1 amide bonds. The molecule has 0 fully saturated rings. The first kappa shape index (κ1) is 14.1. The molecule has 0 radical (unpaired) electrons. The number of nitrogens with one attached hydrogen (secondary N) is 1. The molecule has 2 aromatic rings. The highest BCUT2D eigenvalue weighted by molar-refractivity contribution is 5.94. The summed E-state index contributed by atoms with van der Waals surface area (Å²) < 4.78 is 0. The zero-order valence-electron chi connectivity index (χ0n) is 12.2. The average molecular weight is 268 g/mol. The number of nitrogens with zero attached hydrogens (tertiary/aromatic N) is 1. The summed E-state index contributed by atoms with van der Waals surface area (Å²) in [4.78, 5) is 14.1. The second kappa shape index (κ2) is 6.24. The van der Waals surface area contributed by atoms with Crippen molar-refractivity contribution < 1.29 is 4.79 Å². The van der Waals surface area contributed by atoms with Crippen LogP contribution in [-0.2, 0) is 6.54 Å². The molecule has 0 heterocycles. The number of aryl methyl sites for hydroxylation is 1. The summed E-state index contributed by atoms with van der Waals surface area (Å²) in [6, 6.07) is 15.8. The molecule has 0 saturated carbocycles. The van der Waals surface area contributed by atoms with Gasteiger partial charge in [0.2, 0.25) is 0 Å². The fourth-order valence-corrected chi connectivity index (χ4v) is 2.18. The van der Waals surface area contributed by atoms with Crippen LogP contribution in [-0.4, -0.2) is 24.9 Å². The van der Waals surface area contributed by atoms with Gasteiger partial charge < -0.3 is 10.2 Å². The number of carbonyl (C=O) groups excluding carboxylic acids is 1. The second-order valence-corrected chi connectivity index (χ2v) is 4.98. The van der Waals surface area contributed by atoms with Gasteiger partial charge in [-0.1, -0.05) is 35.9 Å². The van der Waals surface area contributed by atoms with Crippen LogP contribution in [0.5, 0.6) is 0 Å². The van der Waals surface area contributed by atoms with E-state index in [2.05, 4.69) is 24.4 Å². The van der Waals surface area contributed by atoms with Crippen LogP contribution in [0.3, 0.4) is 0 Å². The molecule has 2 rings (SSSR count). The monoisotopic (exact) mass is 268 g/mol. The molecule has 2 aromatic carbocycles. The van der Waals surface area contributed by atoms with Crippen molar-refractivity contribution in [2.75, 3.05) is 19.4 Å². The number of rotatable bonds is 4. The maximum Gasteiger partial charge on any atom is 0.253 e. The normalized spacial score (nSPS) is 10.2. The Morgan fingerprint density at radius 1 is 1.15 bits per heavy atom. The summed E-state index contributed by atoms with van der Waals surface area (Å²) in [7, 11) is 3.68. The van der Waals surface area contributed by atoms with E-state index in [0.29, 0.717) is 12.1 Å². The van der Waals surface area contributed by atoms with Gasteiger partial charge in [-0.25, -0.2) is 0 Å². The average Bonchev–Trinajstić information content (AvgIpc) is 2.46. The Balaban J connectivity index is 2.12. The number of hydrogen-bond donors (Lipinski definition) is 1. The molecule has 0 atom stereocenters. The summed E-state index contributed by atoms with van der Waals surface area (Å²) in [5.41, 5.74) is 4.00. The lowest BCUT2D eigenvalue weighted by Crippen LogP contribution is -2.26. The third-order valence-corrected chi connectivity index (χ3v) is 3.25. The van der Waals surface area contributed by atoms with Gasteiger partial charge in [0.05, 0.1) is 0 Å². The molecule has 0 bridgehead atoms. The van der Waals surface area contributed by atoms with Gasteiger partial charge in [-0.2, -0.15) is 0 Å². The van der Waals surface area contributed by atoms with Crippen molar-refractivity contribution in [2.24, 2.45) is 0 Å². The lowest BCUT2D eigenvalue weighted by atomic mass is 10.1. The Morgan fingerprint density at radius 2 is 1.90 bits per heavy atom. The predicted molar refractivity (Wildman–Crippen MR) is 83.0 cm³/mol. The minimum atomic E-state index is 0.0311. The van der Waals surface area contributed by atoms with Gasteiger partial charge in [0, 0.05) is 31.9 Å². The Hall–Kier alpha value is -2.29. The van der Waals surface area contributed by atoms with Crippen LogP contribution in [0, 0.1) is 6.92 Å². The minimum absolute atomic E-state index is 0.0311. The van der Waals surface area contributed by atoms with Crippen LogP contribution in [0.2, 0.25) is 0 Å². The van der Waals surface area contributed by atoms with Crippen molar-refractivity contribution >= 4 is 11.6 Å². The van der Waals surface area contributed by atoms with E-state index in [9.17, 15) is 4.79 Å². The van der Waals surface area contributed by atoms with Gasteiger partial charge in [0.1, 0.15) is 0 Å². The maximum absolute atomic E-state index is 12.4. The van der Waals surface area contributed by atoms with Gasteiger partial charge in [-0.05, 0) is 30.7 Å². The second-order valence-electron chi connectivity index (χ2n) is 4.98. The Morgan fingerprint density at radius 3 is 2.60 bits per heavy atom. The number of carbonyl (C=O) groups is 1. The smallest absolute Gasteiger partial charge is 0.253 e. The number of hydrogen-bond acceptors (Lipinski definition) is 2. The van der Waals surface area contributed by atoms with Gasteiger partial charge in [0.25, 0.3) is 5.91 Å². The molecule has 0 aliphatic rings. The summed E-state index contributed by atoms with van der Waals surface area (Å²) >= 11 is 0. The van der Waals surface area contributed by atoms with Crippen molar-refractivity contribution in [3.05, 3.63) is 65.2 Å². The molecule has 0 aliphatic heterocycles. The van der Waals surface area contributed by atoms with E-state index in [0.717, 1.165) is 11.3 Å². The molecule has 0 aliphatic carbocycles. The molecule has 1 N–H and O–H groups in total. The predicted octanol–water partition coefficient (Wildman–Crippen LogP) is 3.31. The Kier molecular flexibility index (Phi) is 4.41. The minimum Gasteiger partial charge on any atom is -0.388 e. The maximum atomic E-state index is 12.4. The van der Waals surface area contributed by atoms with E-state index in [4.69, 9.17) is 0 Å². The van der Waals surface area contributed by atoms with Gasteiger partial charge in [0.15, 0.2) is 0 Å². The van der Waals surface area contributed by atoms with E-state index in [-0.39, 0.29) is 5.91 Å². The molecular formula is C17H20N2O. The highest BCUT2D eigenvalue weighted by atomic mass is 16.2. The Bertz CT molecular complexity index is 607. The fraction of sp³-hybridized carbons (Fsp3) is 0.235. The van der Waals surface area contributed by atoms with Gasteiger partial charge in [-0.3, -0.25) is 4.79 Å². The highest BCUT2D eigenvalue weighted by Gasteiger charge is 2.12. The third-order valence-electron chi connectivity index (χ3n) is 3.25. The third kappa shape index (κ3) is 3.38. The van der Waals surface area contributed by atoms with Crippen LogP contribution in [0.4, 0.5) is 5.69 Å². The zero-order valence-corrected chi connectivity index (χ0v) is 12.2. The number of anilines is 1. The first-order valence-electron chi connectivity index (χ1n) is 6.69. The number of benzene rings is 2. The lowest BCUT2D eigenvalue weighted by molar-refractivity contribution is 0.0785. The molecule has 0 unspecified atom stereocenters. The van der Waals surface area contributed by atoms with Gasteiger partial charge in [-0.15, -0.1) is 0 Å². The number of amides is 1. The first-order valence-corrected chi connectivity index (χ1v) is 6.69. The van der Waals surface area contributed by atoms with E-state index in [1.54, 1.807) is 4.90 Å². The largest absolute Gasteiger partial charge is 0.388 e. The van der Waals surface area contributed by atoms with Crippen molar-refractivity contribution in [3.8, 4) is 0 Å². The molecule has 0 spiro atoms. The topological polar surface area (TPSA) is 32.3 Å². The zero-order chi connectivity index (χ0) is 14.5. The molecule has 0 aromatic heterocycles. The van der Waals surface area contributed by atoms with E-state index < -0.39 is 0 Å². The van der Waals surface area contributed by atoms with Crippen LogP contribution >= 0.6 is 0 Å². The van der Waals surface area contributed by atoms with Crippen LogP contribution in [0.25, 0.3) is 0 Å². The summed E-state index contributed by atoms with van der Waals surface area (Å²) in [5, 5.41) is 3.05. The van der Waals surface area contributed by atoms with Crippen LogP contribution in [0.15, 0.2) is 48.5 Å². The quantitative estimate of drug-likeness (QED) is 0.922. The van der Waals surface area contributed by atoms with Crippen molar-refractivity contribution in [2.45, 2.75) is 13.5 Å². The van der Waals surface area contributed by atoms with Crippen molar-refractivity contribution in [1.82, 2.24) is 4.90 Å². The molecule has 104 valence electrons. The van der Waals surface area contributed by atoms with Crippen molar-refractivity contribution in [1.29, 1.82) is 0 Å². The van der Waals surface area contributed by atoms with Gasteiger partial charge >= 0.3 is 0 Å². The standard InChI is InChI=1S/C17H20N2O/c1-13-6-4-7-14(10-13)12-19(3)17(20)15-8-5-9-16(11-15)18-2/h4-11,18H,12H2,1-3H3.